The molecule has 0 aliphatic rings. The summed E-state index contributed by atoms with van der Waals surface area (Å²) in [5.41, 5.74) is 1.72. The minimum absolute atomic E-state index is 0.0235. The van der Waals surface area contributed by atoms with Crippen LogP contribution >= 0.6 is 0 Å². The van der Waals surface area contributed by atoms with Crippen LogP contribution in [0.15, 0.2) is 29.3 Å². The van der Waals surface area contributed by atoms with Gasteiger partial charge < -0.3 is 16.0 Å². The van der Waals surface area contributed by atoms with Gasteiger partial charge in [0.05, 0.1) is 6.54 Å². The molecule has 5 heteroatoms. The molecule has 1 aromatic carbocycles. The van der Waals surface area contributed by atoms with Crippen LogP contribution in [0.3, 0.4) is 0 Å². The highest BCUT2D eigenvalue weighted by atomic mass is 16.1. The van der Waals surface area contributed by atoms with Gasteiger partial charge in [-0.1, -0.05) is 32.9 Å². The average Bonchev–Trinajstić information content (AvgIpc) is 2.57. The predicted molar refractivity (Wildman–Crippen MR) is 101 cm³/mol. The van der Waals surface area contributed by atoms with Crippen LogP contribution in [0.1, 0.15) is 56.5 Å². The largest absolute Gasteiger partial charge is 0.357 e. The highest BCUT2D eigenvalue weighted by Gasteiger charge is 2.05. The Balaban J connectivity index is 2.66. The molecule has 1 rings (SSSR count). The normalized spacial score (nSPS) is 11.5. The van der Waals surface area contributed by atoms with E-state index in [0.29, 0.717) is 24.6 Å². The molecule has 0 radical (unpaired) electrons. The minimum atomic E-state index is -0.0235. The summed E-state index contributed by atoms with van der Waals surface area (Å²) in [5.74, 6) is 1.46. The van der Waals surface area contributed by atoms with Gasteiger partial charge in [-0.15, -0.1) is 0 Å². The molecule has 0 aromatic heterocycles. The van der Waals surface area contributed by atoms with Gasteiger partial charge in [-0.25, -0.2) is 4.99 Å². The molecule has 0 aliphatic carbocycles. The highest BCUT2D eigenvalue weighted by Crippen LogP contribution is 2.07. The number of rotatable bonds is 9. The Morgan fingerprint density at radius 3 is 2.58 bits per heavy atom. The molecule has 0 atom stereocenters. The lowest BCUT2D eigenvalue weighted by atomic mass is 10.1. The summed E-state index contributed by atoms with van der Waals surface area (Å²) in [7, 11) is 0. The molecule has 0 aliphatic heterocycles. The Bertz CT molecular complexity index is 526. The number of carbonyl (C=O) groups excluding carboxylic acids is 1. The Kier molecular flexibility index (Phi) is 9.58. The third-order valence-corrected chi connectivity index (χ3v) is 3.50. The van der Waals surface area contributed by atoms with Crippen molar-refractivity contribution < 1.29 is 4.79 Å². The Morgan fingerprint density at radius 2 is 1.92 bits per heavy atom. The first-order valence-corrected chi connectivity index (χ1v) is 8.96. The number of carbonyl (C=O) groups is 1. The fourth-order valence-electron chi connectivity index (χ4n) is 2.14. The van der Waals surface area contributed by atoms with Crippen molar-refractivity contribution in [2.45, 2.75) is 47.1 Å². The first-order valence-electron chi connectivity index (χ1n) is 8.96. The lowest BCUT2D eigenvalue weighted by Gasteiger charge is -2.12. The van der Waals surface area contributed by atoms with Crippen LogP contribution in [0.25, 0.3) is 0 Å². The minimum Gasteiger partial charge on any atom is -0.357 e. The van der Waals surface area contributed by atoms with Crippen LogP contribution in [0.2, 0.25) is 0 Å². The van der Waals surface area contributed by atoms with E-state index in [1.165, 1.54) is 0 Å². The number of hydrogen-bond acceptors (Lipinski definition) is 2. The summed E-state index contributed by atoms with van der Waals surface area (Å²) < 4.78 is 0. The summed E-state index contributed by atoms with van der Waals surface area (Å²) in [6, 6.07) is 7.65. The standard InChI is InChI=1S/C19H32N4O/c1-5-11-21-18(24)17-9-7-8-16(13-17)14-23-19(20-6-2)22-12-10-15(3)4/h7-9,13,15H,5-6,10-12,14H2,1-4H3,(H,21,24)(H2,20,22,23). The summed E-state index contributed by atoms with van der Waals surface area (Å²) in [6.45, 7) is 11.5. The number of amides is 1. The van der Waals surface area contributed by atoms with E-state index in [0.717, 1.165) is 37.5 Å². The van der Waals surface area contributed by atoms with Gasteiger partial charge in [-0.05, 0) is 43.4 Å². The number of guanidine groups is 1. The van der Waals surface area contributed by atoms with Gasteiger partial charge in [-0.3, -0.25) is 4.79 Å². The van der Waals surface area contributed by atoms with Crippen molar-refractivity contribution in [1.82, 2.24) is 16.0 Å². The molecule has 1 aromatic rings. The van der Waals surface area contributed by atoms with Crippen molar-refractivity contribution in [3.8, 4) is 0 Å². The molecule has 0 heterocycles. The topological polar surface area (TPSA) is 65.5 Å². The fraction of sp³-hybridized carbons (Fsp3) is 0.579. The second-order valence-corrected chi connectivity index (χ2v) is 6.26. The van der Waals surface area contributed by atoms with Crippen molar-refractivity contribution in [3.05, 3.63) is 35.4 Å². The van der Waals surface area contributed by atoms with E-state index < -0.39 is 0 Å². The molecule has 5 nitrogen and oxygen atoms in total. The summed E-state index contributed by atoms with van der Waals surface area (Å²) in [5, 5.41) is 9.50. The maximum Gasteiger partial charge on any atom is 0.251 e. The van der Waals surface area contributed by atoms with Gasteiger partial charge in [0.25, 0.3) is 5.91 Å². The van der Waals surface area contributed by atoms with Crippen molar-refractivity contribution in [1.29, 1.82) is 0 Å². The summed E-state index contributed by atoms with van der Waals surface area (Å²) in [4.78, 5) is 16.6. The van der Waals surface area contributed by atoms with E-state index in [9.17, 15) is 4.79 Å². The van der Waals surface area contributed by atoms with E-state index in [4.69, 9.17) is 0 Å². The van der Waals surface area contributed by atoms with E-state index in [1.807, 2.05) is 31.2 Å². The molecule has 0 fully saturated rings. The molecule has 0 saturated heterocycles. The van der Waals surface area contributed by atoms with Crippen molar-refractivity contribution in [2.24, 2.45) is 10.9 Å². The number of benzene rings is 1. The van der Waals surface area contributed by atoms with Crippen LogP contribution in [0, 0.1) is 5.92 Å². The molecule has 3 N–H and O–H groups in total. The van der Waals surface area contributed by atoms with Gasteiger partial charge in [0, 0.05) is 25.2 Å². The number of nitrogens with zero attached hydrogens (tertiary/aromatic N) is 1. The van der Waals surface area contributed by atoms with Gasteiger partial charge >= 0.3 is 0 Å². The molecular formula is C19H32N4O. The molecule has 0 spiro atoms. The lowest BCUT2D eigenvalue weighted by molar-refractivity contribution is 0.0953. The Labute approximate surface area is 146 Å². The predicted octanol–water partition coefficient (Wildman–Crippen LogP) is 2.93. The zero-order chi connectivity index (χ0) is 17.8. The second kappa shape index (κ2) is 11.5. The molecule has 24 heavy (non-hydrogen) atoms. The van der Waals surface area contributed by atoms with E-state index in [-0.39, 0.29) is 5.91 Å². The third-order valence-electron chi connectivity index (χ3n) is 3.50. The number of hydrogen-bond donors (Lipinski definition) is 3. The summed E-state index contributed by atoms with van der Waals surface area (Å²) >= 11 is 0. The molecule has 134 valence electrons. The average molecular weight is 332 g/mol. The van der Waals surface area contributed by atoms with Gasteiger partial charge in [0.15, 0.2) is 5.96 Å². The van der Waals surface area contributed by atoms with Crippen LogP contribution in [0.5, 0.6) is 0 Å². The van der Waals surface area contributed by atoms with Gasteiger partial charge in [0.2, 0.25) is 0 Å². The van der Waals surface area contributed by atoms with Gasteiger partial charge in [0.1, 0.15) is 0 Å². The Morgan fingerprint density at radius 1 is 1.12 bits per heavy atom. The number of nitrogens with one attached hydrogen (secondary N) is 3. The van der Waals surface area contributed by atoms with Crippen LogP contribution in [0.4, 0.5) is 0 Å². The van der Waals surface area contributed by atoms with Crippen LogP contribution in [-0.2, 0) is 6.54 Å². The van der Waals surface area contributed by atoms with Crippen molar-refractivity contribution in [3.63, 3.8) is 0 Å². The fourth-order valence-corrected chi connectivity index (χ4v) is 2.14. The van der Waals surface area contributed by atoms with E-state index >= 15 is 0 Å². The maximum absolute atomic E-state index is 12.0. The Hall–Kier alpha value is -2.04. The molecule has 0 bridgehead atoms. The quantitative estimate of drug-likeness (QED) is 0.481. The first-order chi connectivity index (χ1) is 11.6. The zero-order valence-corrected chi connectivity index (χ0v) is 15.5. The first kappa shape index (κ1) is 20.0. The van der Waals surface area contributed by atoms with E-state index in [2.05, 4.69) is 41.7 Å². The van der Waals surface area contributed by atoms with Crippen LogP contribution in [-0.4, -0.2) is 31.5 Å². The van der Waals surface area contributed by atoms with Crippen molar-refractivity contribution >= 4 is 11.9 Å². The highest BCUT2D eigenvalue weighted by molar-refractivity contribution is 5.94. The SMILES string of the molecule is CCCNC(=O)c1cccc(CN=C(NCC)NCCC(C)C)c1. The zero-order valence-electron chi connectivity index (χ0n) is 15.5. The lowest BCUT2D eigenvalue weighted by Crippen LogP contribution is -2.38. The molecule has 0 unspecified atom stereocenters. The monoisotopic (exact) mass is 332 g/mol. The van der Waals surface area contributed by atoms with Crippen LogP contribution < -0.4 is 16.0 Å². The maximum atomic E-state index is 12.0. The molecule has 1 amide bonds. The summed E-state index contributed by atoms with van der Waals surface area (Å²) in [6.07, 6.45) is 2.04. The number of aliphatic imine (C=N–C) groups is 1. The third kappa shape index (κ3) is 7.99. The smallest absolute Gasteiger partial charge is 0.251 e. The second-order valence-electron chi connectivity index (χ2n) is 6.26. The molecule has 0 saturated carbocycles. The molecular weight excluding hydrogens is 300 g/mol. The van der Waals surface area contributed by atoms with E-state index in [1.54, 1.807) is 0 Å². The van der Waals surface area contributed by atoms with Gasteiger partial charge in [-0.2, -0.15) is 0 Å². The van der Waals surface area contributed by atoms with Crippen molar-refractivity contribution in [2.75, 3.05) is 19.6 Å².